The SMILES string of the molecule is CC1(C)C(N)C1(C)C1CC2CCC1O2. The summed E-state index contributed by atoms with van der Waals surface area (Å²) in [6, 6.07) is 0.378. The number of rotatable bonds is 1. The molecule has 80 valence electrons. The van der Waals surface area contributed by atoms with Gasteiger partial charge in [-0.15, -0.1) is 0 Å². The molecule has 2 aliphatic heterocycles. The van der Waals surface area contributed by atoms with Crippen LogP contribution in [0.25, 0.3) is 0 Å². The van der Waals surface area contributed by atoms with Crippen molar-refractivity contribution in [3.05, 3.63) is 0 Å². The van der Waals surface area contributed by atoms with Crippen LogP contribution >= 0.6 is 0 Å². The molecule has 3 rings (SSSR count). The maximum absolute atomic E-state index is 6.23. The van der Waals surface area contributed by atoms with Crippen molar-refractivity contribution in [1.29, 1.82) is 0 Å². The van der Waals surface area contributed by atoms with Gasteiger partial charge < -0.3 is 10.5 Å². The van der Waals surface area contributed by atoms with E-state index in [0.29, 0.717) is 29.1 Å². The van der Waals surface area contributed by atoms with Crippen LogP contribution in [0.5, 0.6) is 0 Å². The monoisotopic (exact) mass is 195 g/mol. The molecule has 2 nitrogen and oxygen atoms in total. The molecule has 1 aliphatic carbocycles. The summed E-state index contributed by atoms with van der Waals surface area (Å²) in [4.78, 5) is 0. The third kappa shape index (κ3) is 0.809. The molecule has 0 aromatic heterocycles. The molecule has 2 N–H and O–H groups in total. The van der Waals surface area contributed by atoms with Gasteiger partial charge >= 0.3 is 0 Å². The molecule has 2 saturated heterocycles. The molecule has 2 bridgehead atoms. The maximum Gasteiger partial charge on any atom is 0.0615 e. The van der Waals surface area contributed by atoms with Crippen molar-refractivity contribution in [2.45, 2.75) is 58.3 Å². The molecule has 2 heteroatoms. The van der Waals surface area contributed by atoms with Crippen molar-refractivity contribution >= 4 is 0 Å². The average molecular weight is 195 g/mol. The van der Waals surface area contributed by atoms with E-state index in [1.807, 2.05) is 0 Å². The van der Waals surface area contributed by atoms with Gasteiger partial charge in [0.25, 0.3) is 0 Å². The summed E-state index contributed by atoms with van der Waals surface area (Å²) in [5.74, 6) is 0.728. The molecule has 0 aromatic rings. The van der Waals surface area contributed by atoms with E-state index in [9.17, 15) is 0 Å². The smallest absolute Gasteiger partial charge is 0.0615 e. The highest BCUT2D eigenvalue weighted by molar-refractivity contribution is 5.23. The Labute approximate surface area is 86.2 Å². The largest absolute Gasteiger partial charge is 0.375 e. The topological polar surface area (TPSA) is 35.2 Å². The van der Waals surface area contributed by atoms with Crippen LogP contribution in [0.15, 0.2) is 0 Å². The molecule has 2 heterocycles. The molecule has 5 unspecified atom stereocenters. The van der Waals surface area contributed by atoms with Crippen molar-refractivity contribution in [2.24, 2.45) is 22.5 Å². The lowest BCUT2D eigenvalue weighted by Crippen LogP contribution is -2.29. The fourth-order valence-electron chi connectivity index (χ4n) is 4.04. The highest BCUT2D eigenvalue weighted by Crippen LogP contribution is 2.69. The Hall–Kier alpha value is -0.0800. The minimum Gasteiger partial charge on any atom is -0.375 e. The highest BCUT2D eigenvalue weighted by atomic mass is 16.5. The van der Waals surface area contributed by atoms with Crippen LogP contribution in [-0.4, -0.2) is 18.2 Å². The van der Waals surface area contributed by atoms with E-state index in [1.165, 1.54) is 19.3 Å². The van der Waals surface area contributed by atoms with Gasteiger partial charge in [0.2, 0.25) is 0 Å². The second kappa shape index (κ2) is 2.35. The van der Waals surface area contributed by atoms with Gasteiger partial charge in [-0.25, -0.2) is 0 Å². The molecule has 3 aliphatic rings. The molecule has 5 atom stereocenters. The molecular weight excluding hydrogens is 174 g/mol. The van der Waals surface area contributed by atoms with E-state index in [0.717, 1.165) is 5.92 Å². The number of ether oxygens (including phenoxy) is 1. The molecule has 1 saturated carbocycles. The molecule has 0 spiro atoms. The summed E-state index contributed by atoms with van der Waals surface area (Å²) in [5.41, 5.74) is 6.90. The summed E-state index contributed by atoms with van der Waals surface area (Å²) < 4.78 is 5.94. The molecule has 0 radical (unpaired) electrons. The molecule has 0 amide bonds. The second-order valence-electron chi connectivity index (χ2n) is 6.20. The predicted octanol–water partition coefficient (Wildman–Crippen LogP) is 1.93. The minimum atomic E-state index is 0.325. The van der Waals surface area contributed by atoms with E-state index >= 15 is 0 Å². The normalized spacial score (nSPS) is 59.1. The van der Waals surface area contributed by atoms with Gasteiger partial charge in [-0.2, -0.15) is 0 Å². The lowest BCUT2D eigenvalue weighted by Gasteiger charge is -2.28. The van der Waals surface area contributed by atoms with E-state index in [-0.39, 0.29) is 0 Å². The van der Waals surface area contributed by atoms with Gasteiger partial charge in [-0.05, 0) is 36.0 Å². The molecular formula is C12H21NO. The van der Waals surface area contributed by atoms with Gasteiger partial charge in [-0.3, -0.25) is 0 Å². The first-order chi connectivity index (χ1) is 6.48. The van der Waals surface area contributed by atoms with Crippen molar-refractivity contribution in [3.8, 4) is 0 Å². The Morgan fingerprint density at radius 3 is 2.21 bits per heavy atom. The van der Waals surface area contributed by atoms with Crippen molar-refractivity contribution in [3.63, 3.8) is 0 Å². The number of hydrogen-bond acceptors (Lipinski definition) is 2. The first-order valence-corrected chi connectivity index (χ1v) is 5.89. The fourth-order valence-corrected chi connectivity index (χ4v) is 4.04. The van der Waals surface area contributed by atoms with Crippen LogP contribution in [0.1, 0.15) is 40.0 Å². The number of hydrogen-bond donors (Lipinski definition) is 1. The van der Waals surface area contributed by atoms with Gasteiger partial charge in [-0.1, -0.05) is 20.8 Å². The summed E-state index contributed by atoms with van der Waals surface area (Å²) in [6.07, 6.45) is 4.90. The first kappa shape index (κ1) is 9.17. The fraction of sp³-hybridized carbons (Fsp3) is 1.00. The van der Waals surface area contributed by atoms with E-state index in [2.05, 4.69) is 20.8 Å². The third-order valence-electron chi connectivity index (χ3n) is 5.60. The zero-order valence-corrected chi connectivity index (χ0v) is 9.42. The predicted molar refractivity (Wildman–Crippen MR) is 55.9 cm³/mol. The van der Waals surface area contributed by atoms with Gasteiger partial charge in [0, 0.05) is 6.04 Å². The summed E-state index contributed by atoms with van der Waals surface area (Å²) in [7, 11) is 0. The van der Waals surface area contributed by atoms with Crippen LogP contribution in [0.2, 0.25) is 0 Å². The Morgan fingerprint density at radius 2 is 1.86 bits per heavy atom. The Kier molecular flexibility index (Phi) is 1.54. The van der Waals surface area contributed by atoms with Gasteiger partial charge in [0.1, 0.15) is 0 Å². The van der Waals surface area contributed by atoms with Crippen LogP contribution in [0.4, 0.5) is 0 Å². The van der Waals surface area contributed by atoms with E-state index in [1.54, 1.807) is 0 Å². The highest BCUT2D eigenvalue weighted by Gasteiger charge is 2.72. The number of nitrogens with two attached hydrogens (primary N) is 1. The Morgan fingerprint density at radius 1 is 1.21 bits per heavy atom. The van der Waals surface area contributed by atoms with Crippen LogP contribution < -0.4 is 5.73 Å². The van der Waals surface area contributed by atoms with Crippen molar-refractivity contribution < 1.29 is 4.74 Å². The standard InChI is InChI=1S/C12H21NO/c1-11(2)10(13)12(11,3)8-6-7-4-5-9(8)14-7/h7-10H,4-6,13H2,1-3H3. The van der Waals surface area contributed by atoms with Crippen LogP contribution in [0, 0.1) is 16.7 Å². The Balaban J connectivity index is 1.85. The van der Waals surface area contributed by atoms with E-state index < -0.39 is 0 Å². The first-order valence-electron chi connectivity index (χ1n) is 5.89. The van der Waals surface area contributed by atoms with Gasteiger partial charge in [0.05, 0.1) is 12.2 Å². The van der Waals surface area contributed by atoms with Crippen LogP contribution in [-0.2, 0) is 4.74 Å². The quantitative estimate of drug-likeness (QED) is 0.694. The van der Waals surface area contributed by atoms with E-state index in [4.69, 9.17) is 10.5 Å². The van der Waals surface area contributed by atoms with Crippen molar-refractivity contribution in [1.82, 2.24) is 0 Å². The zero-order valence-electron chi connectivity index (χ0n) is 9.42. The third-order valence-corrected chi connectivity index (χ3v) is 5.60. The average Bonchev–Trinajstić information content (AvgIpc) is 2.63. The lowest BCUT2D eigenvalue weighted by molar-refractivity contribution is 0.0741. The molecule has 0 aromatic carbocycles. The maximum atomic E-state index is 6.23. The molecule has 3 fully saturated rings. The summed E-state index contributed by atoms with van der Waals surface area (Å²) in [5, 5.41) is 0. The molecule has 14 heavy (non-hydrogen) atoms. The lowest BCUT2D eigenvalue weighted by atomic mass is 9.75. The zero-order chi connectivity index (χ0) is 10.1. The second-order valence-corrected chi connectivity index (χ2v) is 6.20. The van der Waals surface area contributed by atoms with Crippen molar-refractivity contribution in [2.75, 3.05) is 0 Å². The van der Waals surface area contributed by atoms with Gasteiger partial charge in [0.15, 0.2) is 0 Å². The summed E-state index contributed by atoms with van der Waals surface area (Å²) in [6.45, 7) is 6.99. The minimum absolute atomic E-state index is 0.325. The number of fused-ring (bicyclic) bond motifs is 2. The summed E-state index contributed by atoms with van der Waals surface area (Å²) >= 11 is 0. The Bertz CT molecular complexity index is 275. The van der Waals surface area contributed by atoms with Crippen LogP contribution in [0.3, 0.4) is 0 Å².